The van der Waals surface area contributed by atoms with Crippen molar-refractivity contribution in [3.05, 3.63) is 59.7 Å². The van der Waals surface area contributed by atoms with Crippen molar-refractivity contribution in [2.45, 2.75) is 256 Å². The maximum atomic E-state index is 11.5. The van der Waals surface area contributed by atoms with Crippen LogP contribution in [0.25, 0.3) is 0 Å². The second-order valence-corrected chi connectivity index (χ2v) is 25.4. The molecule has 1 N–H and O–H groups in total. The van der Waals surface area contributed by atoms with E-state index in [-0.39, 0.29) is 57.4 Å². The second kappa shape index (κ2) is 24.1. The third-order valence-electron chi connectivity index (χ3n) is 18.8. The molecule has 6 saturated heterocycles. The minimum absolute atomic E-state index is 0.00498. The monoisotopic (exact) mass is 1050 g/mol. The Morgan fingerprint density at radius 1 is 0.533 bits per heavy atom. The zero-order chi connectivity index (χ0) is 53.8. The molecule has 0 amide bonds. The third kappa shape index (κ3) is 13.8. The van der Waals surface area contributed by atoms with Crippen molar-refractivity contribution in [1.82, 2.24) is 10.1 Å². The highest BCUT2D eigenvalue weighted by Gasteiger charge is 2.61. The van der Waals surface area contributed by atoms with Crippen LogP contribution in [-0.2, 0) is 38.1 Å². The number of epoxide rings is 2. The van der Waals surface area contributed by atoms with Crippen LogP contribution in [0.1, 0.15) is 216 Å². The van der Waals surface area contributed by atoms with Crippen LogP contribution in [0.5, 0.6) is 11.5 Å². The van der Waals surface area contributed by atoms with Crippen molar-refractivity contribution in [1.29, 1.82) is 0 Å². The molecule has 6 fully saturated rings. The van der Waals surface area contributed by atoms with E-state index < -0.39 is 17.7 Å². The second-order valence-electron chi connectivity index (χ2n) is 25.4. The summed E-state index contributed by atoms with van der Waals surface area (Å²) in [5.74, 6) is 0.360. The first-order valence-electron chi connectivity index (χ1n) is 29.6. The van der Waals surface area contributed by atoms with Gasteiger partial charge in [-0.05, 0) is 135 Å². The third-order valence-corrected chi connectivity index (χ3v) is 18.8. The number of unbranched alkanes of at least 4 members (excludes halogenated alkanes) is 3. The lowest BCUT2D eigenvalue weighted by atomic mass is 9.72. The van der Waals surface area contributed by atoms with Crippen molar-refractivity contribution in [3.8, 4) is 11.5 Å². The zero-order valence-corrected chi connectivity index (χ0v) is 48.6. The molecule has 13 heteroatoms. The molecule has 2 aromatic carbocycles. The maximum Gasteiger partial charge on any atom is 0.172 e. The number of piperidine rings is 2. The Kier molecular flexibility index (Phi) is 18.9. The summed E-state index contributed by atoms with van der Waals surface area (Å²) in [4.78, 5) is 14.0. The molecule has 6 aliphatic heterocycles. The van der Waals surface area contributed by atoms with Crippen molar-refractivity contribution < 1.29 is 52.7 Å². The van der Waals surface area contributed by atoms with Gasteiger partial charge in [0.1, 0.15) is 49.1 Å². The highest BCUT2D eigenvalue weighted by Crippen LogP contribution is 2.55. The Bertz CT molecular complexity index is 2060. The molecule has 5 unspecified atom stereocenters. The fourth-order valence-electron chi connectivity index (χ4n) is 13.5. The standard InChI is InChI=1S/C62H100N2O11/c1-13-57(42-70-61(71-43-57)38-55(9,10)63(59(15-3,16-4)40-61)74-46(7)48-24-28-51(29-25-48)66-34-53-36-68-53)32-22-20-19-21-23-50(65)33-58(14-2)44-72-62(73-45-58)39-56(11,12)64(60(17-5,18-6)41-62)75-47(8)49-26-30-52(31-27-49)67-35-54-37-69-54/h24-31,46-47,50,53-54,65H,13-23,32-45H2,1-12H3. The van der Waals surface area contributed by atoms with Crippen molar-refractivity contribution >= 4 is 0 Å². The number of ether oxygens (including phenoxy) is 8. The van der Waals surface area contributed by atoms with Crippen LogP contribution in [0.2, 0.25) is 0 Å². The molecule has 13 nitrogen and oxygen atoms in total. The summed E-state index contributed by atoms with van der Waals surface area (Å²) in [5.41, 5.74) is 0.819. The number of hydrogen-bond acceptors (Lipinski definition) is 13. The van der Waals surface area contributed by atoms with Crippen LogP contribution in [0.4, 0.5) is 0 Å². The lowest BCUT2D eigenvalue weighted by molar-refractivity contribution is -0.396. The first kappa shape index (κ1) is 58.7. The Balaban J connectivity index is 0.771. The van der Waals surface area contributed by atoms with Gasteiger partial charge >= 0.3 is 0 Å². The Labute approximate surface area is 452 Å². The van der Waals surface area contributed by atoms with Gasteiger partial charge in [0, 0.05) is 47.6 Å². The van der Waals surface area contributed by atoms with Crippen molar-refractivity contribution in [3.63, 3.8) is 0 Å². The van der Waals surface area contributed by atoms with Crippen LogP contribution in [-0.4, -0.2) is 120 Å². The van der Waals surface area contributed by atoms with Gasteiger partial charge in [0.2, 0.25) is 0 Å². The van der Waals surface area contributed by atoms with E-state index in [1.165, 1.54) is 0 Å². The summed E-state index contributed by atoms with van der Waals surface area (Å²) in [6, 6.07) is 16.6. The summed E-state index contributed by atoms with van der Waals surface area (Å²) in [6.45, 7) is 32.3. The molecule has 424 valence electrons. The number of aliphatic hydroxyl groups excluding tert-OH is 1. The lowest BCUT2D eigenvalue weighted by Gasteiger charge is -2.61. The van der Waals surface area contributed by atoms with E-state index in [0.29, 0.717) is 52.5 Å². The zero-order valence-electron chi connectivity index (χ0n) is 48.6. The number of aliphatic hydroxyl groups is 1. The molecule has 6 aliphatic rings. The molecule has 8 rings (SSSR count). The average Bonchev–Trinajstić information content (AvgIpc) is 4.36. The molecule has 2 aromatic rings. The SMILES string of the molecule is CCC1(CCCCCCC(O)CC2(CC)COC3(CC(C)(C)N(OC(C)c4ccc(OCC5CO5)cc4)C(CC)(CC)C3)OC2)COC2(CC(C)(C)N(OC(C)c3ccc(OCC4CO4)cc3)C(CC)(CC)C2)OC1. The van der Waals surface area contributed by atoms with E-state index in [0.717, 1.165) is 132 Å². The van der Waals surface area contributed by atoms with Gasteiger partial charge in [-0.2, -0.15) is 10.1 Å². The number of hydroxylamine groups is 4. The van der Waals surface area contributed by atoms with Gasteiger partial charge in [0.15, 0.2) is 11.6 Å². The molecule has 6 heterocycles. The Hall–Kier alpha value is -2.40. The molecular formula is C62H100N2O11. The minimum atomic E-state index is -0.703. The number of benzene rings is 2. The fourth-order valence-corrected chi connectivity index (χ4v) is 13.5. The topological polar surface area (TPSA) is 126 Å². The van der Waals surface area contributed by atoms with Crippen LogP contribution >= 0.6 is 0 Å². The lowest BCUT2D eigenvalue weighted by Crippen LogP contribution is -2.69. The van der Waals surface area contributed by atoms with Crippen LogP contribution < -0.4 is 9.47 Å². The van der Waals surface area contributed by atoms with E-state index in [1.54, 1.807) is 0 Å². The van der Waals surface area contributed by atoms with Gasteiger partial charge in [-0.25, -0.2) is 0 Å². The van der Waals surface area contributed by atoms with Gasteiger partial charge in [-0.3, -0.25) is 9.68 Å². The quantitative estimate of drug-likeness (QED) is 0.0675. The molecular weight excluding hydrogens is 949 g/mol. The number of nitrogens with zero attached hydrogens (tertiary/aromatic N) is 2. The van der Waals surface area contributed by atoms with E-state index >= 15 is 0 Å². The predicted molar refractivity (Wildman–Crippen MR) is 292 cm³/mol. The summed E-state index contributed by atoms with van der Waals surface area (Å²) in [7, 11) is 0. The molecule has 0 radical (unpaired) electrons. The Morgan fingerprint density at radius 2 is 0.920 bits per heavy atom. The largest absolute Gasteiger partial charge is 0.491 e. The highest BCUT2D eigenvalue weighted by atomic mass is 16.7. The van der Waals surface area contributed by atoms with Crippen LogP contribution in [0.3, 0.4) is 0 Å². The van der Waals surface area contributed by atoms with Crippen molar-refractivity contribution in [2.24, 2.45) is 10.8 Å². The average molecular weight is 1050 g/mol. The molecule has 0 aliphatic carbocycles. The summed E-state index contributed by atoms with van der Waals surface area (Å²) in [6.07, 6.45) is 15.2. The summed E-state index contributed by atoms with van der Waals surface area (Å²) in [5, 5.41) is 16.1. The van der Waals surface area contributed by atoms with Gasteiger partial charge in [0.05, 0.1) is 56.8 Å². The highest BCUT2D eigenvalue weighted by molar-refractivity contribution is 5.29. The predicted octanol–water partition coefficient (Wildman–Crippen LogP) is 13.2. The van der Waals surface area contributed by atoms with Crippen LogP contribution in [0, 0.1) is 10.8 Å². The summed E-state index contributed by atoms with van der Waals surface area (Å²) >= 11 is 0. The molecule has 0 saturated carbocycles. The minimum Gasteiger partial charge on any atom is -0.491 e. The first-order valence-corrected chi connectivity index (χ1v) is 29.6. The molecule has 0 aromatic heterocycles. The molecule has 0 bridgehead atoms. The Morgan fingerprint density at radius 3 is 1.29 bits per heavy atom. The number of hydrogen-bond donors (Lipinski definition) is 1. The van der Waals surface area contributed by atoms with E-state index in [1.807, 2.05) is 24.3 Å². The van der Waals surface area contributed by atoms with Gasteiger partial charge in [0.25, 0.3) is 0 Å². The molecule has 75 heavy (non-hydrogen) atoms. The van der Waals surface area contributed by atoms with E-state index in [2.05, 4.69) is 117 Å². The van der Waals surface area contributed by atoms with Gasteiger partial charge < -0.3 is 43.0 Å². The maximum absolute atomic E-state index is 11.5. The number of rotatable bonds is 27. The van der Waals surface area contributed by atoms with Gasteiger partial charge in [-0.1, -0.05) is 91.5 Å². The van der Waals surface area contributed by atoms with E-state index in [9.17, 15) is 5.11 Å². The van der Waals surface area contributed by atoms with E-state index in [4.69, 9.17) is 47.6 Å². The fraction of sp³-hybridized carbons (Fsp3) is 0.806. The summed E-state index contributed by atoms with van der Waals surface area (Å²) < 4.78 is 50.4. The first-order chi connectivity index (χ1) is 35.8. The van der Waals surface area contributed by atoms with Crippen molar-refractivity contribution in [2.75, 3.05) is 52.9 Å². The molecule has 5 atom stereocenters. The molecule has 2 spiro atoms. The smallest absolute Gasteiger partial charge is 0.172 e. The van der Waals surface area contributed by atoms with Crippen LogP contribution in [0.15, 0.2) is 48.5 Å². The van der Waals surface area contributed by atoms with Gasteiger partial charge in [-0.15, -0.1) is 0 Å². The normalized spacial score (nSPS) is 29.7.